The highest BCUT2D eigenvalue weighted by atomic mass is 31.2. The molecule has 0 aromatic carbocycles. The number of rotatable bonds is 46. The van der Waals surface area contributed by atoms with Crippen molar-refractivity contribution in [1.29, 1.82) is 0 Å². The van der Waals surface area contributed by atoms with Gasteiger partial charge in [0.05, 0.1) is 39.1 Å². The molecule has 0 saturated carbocycles. The van der Waals surface area contributed by atoms with E-state index in [-0.39, 0.29) is 108 Å². The standard InChI is InChI=1S/C45H88N23O19P/c46-12-2-1-8-23(35(76)67-30(20-72)41(82)83)60-38(79)28(18-70)65-33(74)24(9-4-14-57-43(50)51)61-39(80)29(19-71)66-34(75)25(10-5-15-58-44(52)53)63-40(81)31(21-87-88(84,85)86)68-36(77)26(11-6-16-59-45(54)55)62-37(78)27(17-69)64-32(73)22(47)7-3-13-56-42(48)49/h22-31,69-72H,1-21,46-47H2,(H,60,79)(H,61,80)(H,62,78)(H,63,81)(H,64,73)(H,65,74)(H,66,75)(H,67,76)(H,68,77)(H,82,83)(H4,48,49,56)(H4,50,51,57)(H4,52,53,58)(H4,54,55,59)(H2,84,85,86)/t22-,23-,24-,25-,26-,27-,28-,29-,30-,31-/m0/s1. The zero-order valence-electron chi connectivity index (χ0n) is 48.2. The van der Waals surface area contributed by atoms with Crippen LogP contribution in [-0.2, 0) is 57.0 Å². The van der Waals surface area contributed by atoms with Gasteiger partial charge < -0.3 is 141 Å². The fourth-order valence-electron chi connectivity index (χ4n) is 7.31. The molecule has 0 aromatic rings. The number of nitrogens with zero attached hydrogens (tertiary/aromatic N) is 4. The third kappa shape index (κ3) is 34.7. The first-order valence-corrected chi connectivity index (χ1v) is 28.6. The SMILES string of the molecule is NCCCC[C@H](NC(=O)[C@H](CO)NC(=O)[C@H](CCCN=C(N)N)NC(=O)[C@H](CO)NC(=O)[C@H](CCCN=C(N)N)NC(=O)[C@H](COP(=O)(O)O)NC(=O)[C@H](CCCN=C(N)N)NC(=O)[C@H](CO)NC(=O)[C@@H](N)CCCN=C(N)N)C(=O)N[C@@H](CO)C(=O)O. The van der Waals surface area contributed by atoms with Gasteiger partial charge in [0, 0.05) is 26.2 Å². The van der Waals surface area contributed by atoms with Crippen LogP contribution >= 0.6 is 7.82 Å². The van der Waals surface area contributed by atoms with Gasteiger partial charge in [0.1, 0.15) is 54.4 Å². The fraction of sp³-hybridized carbons (Fsp3) is 0.689. The lowest BCUT2D eigenvalue weighted by Crippen LogP contribution is -2.61. The molecule has 0 spiro atoms. The van der Waals surface area contributed by atoms with Crippen LogP contribution in [0.1, 0.15) is 70.6 Å². The van der Waals surface area contributed by atoms with E-state index in [0.29, 0.717) is 6.42 Å². The van der Waals surface area contributed by atoms with Crippen molar-refractivity contribution in [2.24, 2.45) is 77.3 Å². The number of aliphatic imine (C=N–C) groups is 4. The van der Waals surface area contributed by atoms with Crippen LogP contribution in [0.25, 0.3) is 0 Å². The molecule has 36 N–H and O–H groups in total. The van der Waals surface area contributed by atoms with Crippen LogP contribution in [0.3, 0.4) is 0 Å². The molecule has 502 valence electrons. The largest absolute Gasteiger partial charge is 0.480 e. The molecular weight excluding hydrogens is 1200 g/mol. The second kappa shape index (κ2) is 43.3. The highest BCUT2D eigenvalue weighted by Gasteiger charge is 2.36. The van der Waals surface area contributed by atoms with Gasteiger partial charge in [0.2, 0.25) is 53.2 Å². The van der Waals surface area contributed by atoms with Crippen LogP contribution in [0.4, 0.5) is 0 Å². The Morgan fingerprint density at radius 2 is 0.625 bits per heavy atom. The Balaban J connectivity index is 7.02. The third-order valence-electron chi connectivity index (χ3n) is 11.9. The lowest BCUT2D eigenvalue weighted by molar-refractivity contribution is -0.143. The number of nitrogens with one attached hydrogen (secondary N) is 9. The van der Waals surface area contributed by atoms with E-state index in [9.17, 15) is 87.8 Å². The molecule has 9 amide bonds. The van der Waals surface area contributed by atoms with Crippen LogP contribution in [0.5, 0.6) is 0 Å². The van der Waals surface area contributed by atoms with Crippen molar-refractivity contribution >= 4 is 90.8 Å². The number of carbonyl (C=O) groups excluding carboxylic acids is 9. The highest BCUT2D eigenvalue weighted by Crippen LogP contribution is 2.35. The lowest BCUT2D eigenvalue weighted by Gasteiger charge is -2.27. The van der Waals surface area contributed by atoms with E-state index >= 15 is 0 Å². The molecule has 0 aliphatic rings. The van der Waals surface area contributed by atoms with Gasteiger partial charge in [-0.1, -0.05) is 0 Å². The maximum atomic E-state index is 14.1. The zero-order valence-corrected chi connectivity index (χ0v) is 49.1. The van der Waals surface area contributed by atoms with Crippen molar-refractivity contribution in [2.45, 2.75) is 131 Å². The fourth-order valence-corrected chi connectivity index (χ4v) is 7.65. The first-order chi connectivity index (χ1) is 41.3. The summed E-state index contributed by atoms with van der Waals surface area (Å²) >= 11 is 0. The number of aliphatic hydroxyl groups is 4. The van der Waals surface area contributed by atoms with E-state index in [1.165, 1.54) is 0 Å². The molecule has 0 fully saturated rings. The first kappa shape index (κ1) is 79.7. The Morgan fingerprint density at radius 3 is 0.909 bits per heavy atom. The Bertz CT molecular complexity index is 2440. The molecule has 10 atom stereocenters. The molecule has 43 heteroatoms. The Hall–Kier alpha value is -8.35. The number of nitrogens with two attached hydrogens (primary N) is 10. The minimum atomic E-state index is -5.47. The van der Waals surface area contributed by atoms with E-state index in [4.69, 9.17) is 57.3 Å². The van der Waals surface area contributed by atoms with Crippen molar-refractivity contribution in [3.8, 4) is 0 Å². The maximum absolute atomic E-state index is 14.1. The Kier molecular flexibility index (Phi) is 39.2. The van der Waals surface area contributed by atoms with Gasteiger partial charge in [-0.25, -0.2) is 9.36 Å². The van der Waals surface area contributed by atoms with Crippen molar-refractivity contribution < 1.29 is 92.4 Å². The number of hydrogen-bond acceptors (Lipinski definition) is 22. The Labute approximate surface area is 504 Å². The van der Waals surface area contributed by atoms with Gasteiger partial charge in [-0.05, 0) is 77.2 Å². The number of guanidine groups is 4. The summed E-state index contributed by atoms with van der Waals surface area (Å²) < 4.78 is 16.5. The molecule has 0 heterocycles. The number of carboxylic acids is 1. The summed E-state index contributed by atoms with van der Waals surface area (Å²) in [7, 11) is -5.47. The number of amides is 9. The predicted molar refractivity (Wildman–Crippen MR) is 312 cm³/mol. The average molecular weight is 1290 g/mol. The number of aliphatic hydroxyl groups excluding tert-OH is 4. The molecule has 88 heavy (non-hydrogen) atoms. The highest BCUT2D eigenvalue weighted by molar-refractivity contribution is 7.46. The quantitative estimate of drug-likeness (QED) is 0.0116. The number of hydrogen-bond donors (Lipinski definition) is 26. The molecule has 42 nitrogen and oxygen atoms in total. The zero-order chi connectivity index (χ0) is 67.1. The Morgan fingerprint density at radius 1 is 0.375 bits per heavy atom. The molecule has 0 rings (SSSR count). The van der Waals surface area contributed by atoms with Gasteiger partial charge >= 0.3 is 13.8 Å². The molecule has 0 unspecified atom stereocenters. The number of phosphoric ester groups is 1. The topological polar surface area (TPSA) is 757 Å². The van der Waals surface area contributed by atoms with E-state index in [1.807, 2.05) is 0 Å². The summed E-state index contributed by atoms with van der Waals surface area (Å²) in [4.78, 5) is 169. The average Bonchev–Trinajstić information content (AvgIpc) is 3.51. The summed E-state index contributed by atoms with van der Waals surface area (Å²) in [6, 6.07) is -17.5. The number of phosphoric acid groups is 1. The van der Waals surface area contributed by atoms with Gasteiger partial charge in [-0.3, -0.25) is 67.6 Å². The van der Waals surface area contributed by atoms with Crippen LogP contribution in [0.2, 0.25) is 0 Å². The van der Waals surface area contributed by atoms with Crippen molar-refractivity contribution in [3.63, 3.8) is 0 Å². The smallest absolute Gasteiger partial charge is 0.469 e. The number of carbonyl (C=O) groups is 10. The van der Waals surface area contributed by atoms with Crippen LogP contribution < -0.4 is 105 Å². The summed E-state index contributed by atoms with van der Waals surface area (Å²) in [5.41, 5.74) is 54.6. The number of aliphatic carboxylic acids is 1. The third-order valence-corrected chi connectivity index (χ3v) is 12.4. The van der Waals surface area contributed by atoms with E-state index in [1.54, 1.807) is 0 Å². The predicted octanol–water partition coefficient (Wildman–Crippen LogP) is -13.8. The minimum Gasteiger partial charge on any atom is -0.480 e. The molecule has 0 aromatic heterocycles. The van der Waals surface area contributed by atoms with Crippen LogP contribution in [0.15, 0.2) is 20.0 Å². The van der Waals surface area contributed by atoms with Gasteiger partial charge in [0.25, 0.3) is 0 Å². The van der Waals surface area contributed by atoms with Crippen molar-refractivity contribution in [3.05, 3.63) is 0 Å². The van der Waals surface area contributed by atoms with E-state index in [2.05, 4.69) is 72.3 Å². The van der Waals surface area contributed by atoms with Crippen LogP contribution in [0, 0.1) is 0 Å². The number of carboxylic acid groups (broad SMARTS) is 1. The summed E-state index contributed by atoms with van der Waals surface area (Å²) in [5, 5.41) is 69.4. The monoisotopic (exact) mass is 1290 g/mol. The maximum Gasteiger partial charge on any atom is 0.469 e. The summed E-state index contributed by atoms with van der Waals surface area (Å²) in [6.45, 7) is -5.93. The molecule has 0 radical (unpaired) electrons. The van der Waals surface area contributed by atoms with Gasteiger partial charge in [-0.15, -0.1) is 0 Å². The molecule has 0 aliphatic carbocycles. The first-order valence-electron chi connectivity index (χ1n) is 27.1. The summed E-state index contributed by atoms with van der Waals surface area (Å²) in [5.74, 6) is -13.6. The second-order valence-corrected chi connectivity index (χ2v) is 20.3. The van der Waals surface area contributed by atoms with Crippen molar-refractivity contribution in [1.82, 2.24) is 47.9 Å². The molecule has 0 bridgehead atoms. The molecule has 0 aliphatic heterocycles. The molecular formula is C45H88N23O19P. The van der Waals surface area contributed by atoms with Gasteiger partial charge in [-0.2, -0.15) is 0 Å². The van der Waals surface area contributed by atoms with Crippen molar-refractivity contribution in [2.75, 3.05) is 65.8 Å². The minimum absolute atomic E-state index is 0.0246. The van der Waals surface area contributed by atoms with E-state index < -0.39 is 173 Å². The lowest BCUT2D eigenvalue weighted by atomic mass is 10.1. The normalized spacial score (nSPS) is 14.5. The van der Waals surface area contributed by atoms with E-state index in [0.717, 1.165) is 0 Å². The second-order valence-electron chi connectivity index (χ2n) is 19.1. The van der Waals surface area contributed by atoms with Crippen LogP contribution in [-0.4, -0.2) is 244 Å². The molecule has 0 saturated heterocycles. The summed E-state index contributed by atoms with van der Waals surface area (Å²) in [6.07, 6.45) is -0.687. The number of unbranched alkanes of at least 4 members (excludes halogenated alkanes) is 1. The van der Waals surface area contributed by atoms with Gasteiger partial charge in [0.15, 0.2) is 23.8 Å².